The number of carbonyl (C=O) groups excluding carboxylic acids is 3. The Morgan fingerprint density at radius 1 is 1.15 bits per heavy atom. The molecule has 3 saturated carbocycles. The molecule has 8 unspecified atom stereocenters. The summed E-state index contributed by atoms with van der Waals surface area (Å²) in [5.74, 6) is 0.139. The summed E-state index contributed by atoms with van der Waals surface area (Å²) in [4.78, 5) is 36.2. The minimum Gasteiger partial charge on any atom is -0.458 e. The van der Waals surface area contributed by atoms with Crippen LogP contribution < -0.4 is 0 Å². The van der Waals surface area contributed by atoms with Gasteiger partial charge in [0, 0.05) is 24.7 Å². The first kappa shape index (κ1) is 23.5. The molecular formula is C28H36O6. The lowest BCUT2D eigenvalue weighted by molar-refractivity contribution is -0.223. The van der Waals surface area contributed by atoms with Crippen molar-refractivity contribution >= 4 is 17.7 Å². The zero-order chi connectivity index (χ0) is 24.7. The van der Waals surface area contributed by atoms with Crippen LogP contribution in [0.4, 0.5) is 0 Å². The van der Waals surface area contributed by atoms with E-state index in [1.807, 2.05) is 19.1 Å². The van der Waals surface area contributed by atoms with Gasteiger partial charge >= 0.3 is 11.9 Å². The van der Waals surface area contributed by atoms with Crippen molar-refractivity contribution in [2.45, 2.75) is 72.3 Å². The van der Waals surface area contributed by atoms with Crippen molar-refractivity contribution in [1.29, 1.82) is 0 Å². The normalized spacial score (nSPS) is 45.9. The molecular weight excluding hydrogens is 432 g/mol. The molecule has 0 aromatic heterocycles. The molecule has 0 heterocycles. The molecule has 6 heteroatoms. The van der Waals surface area contributed by atoms with Crippen molar-refractivity contribution in [3.8, 4) is 0 Å². The third kappa shape index (κ3) is 2.75. The van der Waals surface area contributed by atoms with E-state index in [1.165, 1.54) is 19.4 Å². The number of esters is 2. The van der Waals surface area contributed by atoms with Gasteiger partial charge in [0.1, 0.15) is 11.4 Å². The van der Waals surface area contributed by atoms with Crippen LogP contribution in [0.2, 0.25) is 0 Å². The molecule has 0 saturated heterocycles. The van der Waals surface area contributed by atoms with Crippen LogP contribution in [0.1, 0.15) is 66.7 Å². The predicted octanol–water partition coefficient (Wildman–Crippen LogP) is 4.28. The Labute approximate surface area is 201 Å². The van der Waals surface area contributed by atoms with Gasteiger partial charge in [0.25, 0.3) is 0 Å². The summed E-state index contributed by atoms with van der Waals surface area (Å²) in [7, 11) is 0. The number of ketones is 1. The third-order valence-electron chi connectivity index (χ3n) is 10.6. The smallest absolute Gasteiger partial charge is 0.308 e. The van der Waals surface area contributed by atoms with Crippen molar-refractivity contribution < 1.29 is 29.0 Å². The van der Waals surface area contributed by atoms with Crippen LogP contribution in [-0.2, 0) is 23.9 Å². The van der Waals surface area contributed by atoms with Crippen molar-refractivity contribution in [2.24, 2.45) is 39.9 Å². The zero-order valence-corrected chi connectivity index (χ0v) is 20.8. The number of ether oxygens (including phenoxy) is 2. The highest BCUT2D eigenvalue weighted by Crippen LogP contribution is 2.79. The average Bonchev–Trinajstić information content (AvgIpc) is 2.95. The molecule has 5 aliphatic rings. The monoisotopic (exact) mass is 468 g/mol. The van der Waals surface area contributed by atoms with Gasteiger partial charge in [-0.15, -0.1) is 0 Å². The maximum absolute atomic E-state index is 13.3. The van der Waals surface area contributed by atoms with Gasteiger partial charge in [0.05, 0.1) is 0 Å². The second-order valence-corrected chi connectivity index (χ2v) is 11.8. The van der Waals surface area contributed by atoms with Crippen LogP contribution in [0.3, 0.4) is 0 Å². The van der Waals surface area contributed by atoms with Crippen molar-refractivity contribution in [1.82, 2.24) is 0 Å². The Morgan fingerprint density at radius 2 is 1.88 bits per heavy atom. The third-order valence-corrected chi connectivity index (χ3v) is 10.6. The highest BCUT2D eigenvalue weighted by molar-refractivity contribution is 5.91. The highest BCUT2D eigenvalue weighted by Gasteiger charge is 2.76. The maximum atomic E-state index is 13.3. The van der Waals surface area contributed by atoms with Crippen LogP contribution in [0.15, 0.2) is 35.6 Å². The SMILES string of the molecule is CC(=O)OCC(=O)C1(O)C(C)CC2C3CC=C4C=C(OC(C)=O)C=CC4(C)C34CCC4CC21C. The second-order valence-electron chi connectivity index (χ2n) is 11.8. The van der Waals surface area contributed by atoms with E-state index in [2.05, 4.69) is 26.0 Å². The van der Waals surface area contributed by atoms with Crippen molar-refractivity contribution in [3.63, 3.8) is 0 Å². The molecule has 184 valence electrons. The van der Waals surface area contributed by atoms with Gasteiger partial charge in [-0.1, -0.05) is 32.9 Å². The topological polar surface area (TPSA) is 89.9 Å². The molecule has 0 amide bonds. The number of fused-ring (bicyclic) bond motifs is 3. The molecule has 0 aromatic carbocycles. The van der Waals surface area contributed by atoms with Gasteiger partial charge in [-0.3, -0.25) is 14.4 Å². The van der Waals surface area contributed by atoms with E-state index in [-0.39, 0.29) is 41.0 Å². The Morgan fingerprint density at radius 3 is 2.50 bits per heavy atom. The standard InChI is InChI=1S/C28H36O6/c1-16-12-23-22-7-6-19-13-21(34-18(3)30)9-10-25(19,4)27(22)11-8-20(27)14-26(23,5)28(16,32)24(31)15-33-17(2)29/h6,9-10,13,16,20,22-23,32H,7-8,11-12,14-15H2,1-5H3. The van der Waals surface area contributed by atoms with Gasteiger partial charge in [-0.25, -0.2) is 0 Å². The number of hydrogen-bond acceptors (Lipinski definition) is 6. The lowest BCUT2D eigenvalue weighted by Gasteiger charge is -2.72. The maximum Gasteiger partial charge on any atom is 0.308 e. The van der Waals surface area contributed by atoms with Gasteiger partial charge in [0.15, 0.2) is 6.61 Å². The van der Waals surface area contributed by atoms with Crippen molar-refractivity contribution in [2.75, 3.05) is 6.61 Å². The predicted molar refractivity (Wildman–Crippen MR) is 125 cm³/mol. The minimum atomic E-state index is -1.50. The van der Waals surface area contributed by atoms with Gasteiger partial charge in [-0.05, 0) is 78.9 Å². The van der Waals surface area contributed by atoms with E-state index in [0.717, 1.165) is 32.1 Å². The molecule has 5 aliphatic carbocycles. The number of rotatable bonds is 4. The minimum absolute atomic E-state index is 0.0694. The molecule has 0 aromatic rings. The summed E-state index contributed by atoms with van der Waals surface area (Å²) in [6, 6.07) is 0. The first-order valence-electron chi connectivity index (χ1n) is 12.6. The summed E-state index contributed by atoms with van der Waals surface area (Å²) in [6.45, 7) is 8.73. The average molecular weight is 469 g/mol. The molecule has 0 radical (unpaired) electrons. The Kier molecular flexibility index (Phi) is 5.12. The summed E-state index contributed by atoms with van der Waals surface area (Å²) in [5, 5.41) is 12.0. The fourth-order valence-corrected chi connectivity index (χ4v) is 9.06. The highest BCUT2D eigenvalue weighted by atomic mass is 16.5. The van der Waals surface area contributed by atoms with E-state index in [0.29, 0.717) is 17.6 Å². The fourth-order valence-electron chi connectivity index (χ4n) is 9.06. The molecule has 6 nitrogen and oxygen atoms in total. The quantitative estimate of drug-likeness (QED) is 0.620. The first-order chi connectivity index (χ1) is 15.9. The molecule has 3 fully saturated rings. The van der Waals surface area contributed by atoms with E-state index in [1.54, 1.807) is 0 Å². The Bertz CT molecular complexity index is 1050. The van der Waals surface area contributed by atoms with E-state index in [9.17, 15) is 19.5 Å². The lowest BCUT2D eigenvalue weighted by Crippen LogP contribution is -2.68. The molecule has 34 heavy (non-hydrogen) atoms. The van der Waals surface area contributed by atoms with E-state index < -0.39 is 17.0 Å². The van der Waals surface area contributed by atoms with Gasteiger partial charge in [0.2, 0.25) is 5.78 Å². The number of aliphatic hydroxyl groups is 1. The molecule has 0 aliphatic heterocycles. The van der Waals surface area contributed by atoms with Crippen LogP contribution in [0.5, 0.6) is 0 Å². The van der Waals surface area contributed by atoms with E-state index >= 15 is 0 Å². The molecule has 8 atom stereocenters. The number of hydrogen-bond donors (Lipinski definition) is 1. The summed E-state index contributed by atoms with van der Waals surface area (Å²) in [6.07, 6.45) is 13.1. The summed E-state index contributed by atoms with van der Waals surface area (Å²) < 4.78 is 10.4. The van der Waals surface area contributed by atoms with E-state index in [4.69, 9.17) is 9.47 Å². The fraction of sp³-hybridized carbons (Fsp3) is 0.679. The Balaban J connectivity index is 1.53. The summed E-state index contributed by atoms with van der Waals surface area (Å²) >= 11 is 0. The number of carbonyl (C=O) groups is 3. The molecule has 5 rings (SSSR count). The van der Waals surface area contributed by atoms with Crippen molar-refractivity contribution in [3.05, 3.63) is 35.6 Å². The van der Waals surface area contributed by atoms with Gasteiger partial charge < -0.3 is 14.6 Å². The molecule has 1 N–H and O–H groups in total. The first-order valence-corrected chi connectivity index (χ1v) is 12.6. The molecule has 0 bridgehead atoms. The van der Waals surface area contributed by atoms with Gasteiger partial charge in [-0.2, -0.15) is 0 Å². The summed E-state index contributed by atoms with van der Waals surface area (Å²) in [5.41, 5.74) is -0.940. The molecule has 1 spiro atoms. The van der Waals surface area contributed by atoms with Crippen LogP contribution in [0, 0.1) is 39.9 Å². The Hall–Kier alpha value is -2.21. The largest absolute Gasteiger partial charge is 0.458 e. The van der Waals surface area contributed by atoms with Crippen LogP contribution in [-0.4, -0.2) is 35.0 Å². The second kappa shape index (κ2) is 7.39. The van der Waals surface area contributed by atoms with Crippen LogP contribution >= 0.6 is 0 Å². The number of Topliss-reactive ketones (excluding diaryl/α,β-unsaturated/α-hetero) is 1. The zero-order valence-electron chi connectivity index (χ0n) is 20.8. The van der Waals surface area contributed by atoms with Crippen LogP contribution in [0.25, 0.3) is 0 Å². The lowest BCUT2D eigenvalue weighted by atomic mass is 9.32. The number of allylic oxidation sites excluding steroid dienone is 5.